The number of ether oxygens (including phenoxy) is 3. The maximum atomic E-state index is 12.1. The molecule has 0 saturated heterocycles. The molecule has 2 atom stereocenters. The van der Waals surface area contributed by atoms with E-state index < -0.39 is 17.7 Å². The topological polar surface area (TPSA) is 61.8 Å². The molecule has 0 heterocycles. The van der Waals surface area contributed by atoms with E-state index in [1.54, 1.807) is 27.7 Å². The lowest BCUT2D eigenvalue weighted by atomic mass is 9.80. The minimum absolute atomic E-state index is 0.247. The quantitative estimate of drug-likeness (QED) is 0.635. The van der Waals surface area contributed by atoms with Crippen molar-refractivity contribution < 1.29 is 23.8 Å². The maximum absolute atomic E-state index is 12.1. The number of esters is 1. The van der Waals surface area contributed by atoms with Crippen LogP contribution in [0.25, 0.3) is 0 Å². The molecule has 0 radical (unpaired) electrons. The van der Waals surface area contributed by atoms with Crippen molar-refractivity contribution in [1.29, 1.82) is 0 Å². The number of hydrogen-bond acceptors (Lipinski definition) is 5. The lowest BCUT2D eigenvalue weighted by Gasteiger charge is -2.32. The van der Waals surface area contributed by atoms with Gasteiger partial charge >= 0.3 is 12.1 Å². The number of carbonyl (C=O) groups excluding carboxylic acids is 2. The molecule has 0 bridgehead atoms. The third kappa shape index (κ3) is 5.49. The first-order valence-electron chi connectivity index (χ1n) is 6.92. The van der Waals surface area contributed by atoms with Gasteiger partial charge in [0.2, 0.25) is 0 Å². The average Bonchev–Trinajstić information content (AvgIpc) is 2.36. The van der Waals surface area contributed by atoms with Gasteiger partial charge in [-0.2, -0.15) is 0 Å². The van der Waals surface area contributed by atoms with Gasteiger partial charge in [0.15, 0.2) is 0 Å². The summed E-state index contributed by atoms with van der Waals surface area (Å²) in [5.74, 6) is -0.333. The molecule has 112 valence electrons. The Morgan fingerprint density at radius 2 is 1.68 bits per heavy atom. The van der Waals surface area contributed by atoms with Gasteiger partial charge in [-0.05, 0) is 34.1 Å². The molecule has 0 aromatic carbocycles. The Hall–Kier alpha value is -1.26. The Labute approximate surface area is 115 Å². The molecule has 0 rings (SSSR count). The van der Waals surface area contributed by atoms with Crippen molar-refractivity contribution in [2.75, 3.05) is 13.2 Å². The van der Waals surface area contributed by atoms with Gasteiger partial charge in [0, 0.05) is 0 Å². The van der Waals surface area contributed by atoms with Gasteiger partial charge in [0.1, 0.15) is 11.5 Å². The van der Waals surface area contributed by atoms with E-state index in [0.717, 1.165) is 12.8 Å². The van der Waals surface area contributed by atoms with Gasteiger partial charge in [-0.25, -0.2) is 4.79 Å². The molecule has 2 unspecified atom stereocenters. The third-order valence-electron chi connectivity index (χ3n) is 3.22. The highest BCUT2D eigenvalue weighted by molar-refractivity contribution is 5.77. The van der Waals surface area contributed by atoms with E-state index in [2.05, 4.69) is 0 Å². The van der Waals surface area contributed by atoms with Crippen LogP contribution in [0, 0.1) is 5.41 Å². The molecule has 5 heteroatoms. The molecule has 0 spiro atoms. The molecule has 0 aliphatic heterocycles. The first-order chi connectivity index (χ1) is 8.92. The molecular formula is C14H26O5. The number of rotatable bonds is 8. The minimum Gasteiger partial charge on any atom is -0.465 e. The summed E-state index contributed by atoms with van der Waals surface area (Å²) >= 11 is 0. The van der Waals surface area contributed by atoms with Crippen molar-refractivity contribution in [2.24, 2.45) is 5.41 Å². The van der Waals surface area contributed by atoms with Crippen LogP contribution in [-0.4, -0.2) is 31.4 Å². The van der Waals surface area contributed by atoms with E-state index in [0.29, 0.717) is 13.0 Å². The van der Waals surface area contributed by atoms with Crippen LogP contribution in [0.5, 0.6) is 0 Å². The van der Waals surface area contributed by atoms with Crippen LogP contribution >= 0.6 is 0 Å². The van der Waals surface area contributed by atoms with Gasteiger partial charge in [-0.3, -0.25) is 4.79 Å². The van der Waals surface area contributed by atoms with Crippen molar-refractivity contribution in [3.05, 3.63) is 0 Å². The van der Waals surface area contributed by atoms with E-state index in [-0.39, 0.29) is 12.6 Å². The minimum atomic E-state index is -0.835. The molecular weight excluding hydrogens is 248 g/mol. The SMILES string of the molecule is CCCCC(C)(C(=O)OCC)C(C)OC(=O)OCC. The smallest absolute Gasteiger partial charge is 0.465 e. The molecule has 0 fully saturated rings. The highest BCUT2D eigenvalue weighted by Gasteiger charge is 2.42. The molecule has 0 aliphatic carbocycles. The predicted molar refractivity (Wildman–Crippen MR) is 71.8 cm³/mol. The van der Waals surface area contributed by atoms with Crippen LogP contribution in [0.1, 0.15) is 53.9 Å². The molecule has 0 saturated carbocycles. The Balaban J connectivity index is 4.80. The Kier molecular flexibility index (Phi) is 8.19. The van der Waals surface area contributed by atoms with Gasteiger partial charge in [-0.15, -0.1) is 0 Å². The second-order valence-corrected chi connectivity index (χ2v) is 4.68. The van der Waals surface area contributed by atoms with Crippen molar-refractivity contribution in [2.45, 2.75) is 60.0 Å². The van der Waals surface area contributed by atoms with Crippen molar-refractivity contribution in [3.8, 4) is 0 Å². The van der Waals surface area contributed by atoms with Crippen molar-refractivity contribution in [1.82, 2.24) is 0 Å². The molecule has 5 nitrogen and oxygen atoms in total. The summed E-state index contributed by atoms with van der Waals surface area (Å²) in [6, 6.07) is 0. The molecule has 19 heavy (non-hydrogen) atoms. The molecule has 0 N–H and O–H groups in total. The number of unbranched alkanes of at least 4 members (excludes halogenated alkanes) is 1. The monoisotopic (exact) mass is 274 g/mol. The lowest BCUT2D eigenvalue weighted by molar-refractivity contribution is -0.162. The number of carbonyl (C=O) groups is 2. The number of hydrogen-bond donors (Lipinski definition) is 0. The first kappa shape index (κ1) is 17.7. The fourth-order valence-corrected chi connectivity index (χ4v) is 1.74. The van der Waals surface area contributed by atoms with Crippen LogP contribution in [0.3, 0.4) is 0 Å². The van der Waals surface area contributed by atoms with Gasteiger partial charge in [-0.1, -0.05) is 19.8 Å². The van der Waals surface area contributed by atoms with Gasteiger partial charge < -0.3 is 14.2 Å². The van der Waals surface area contributed by atoms with Crippen molar-refractivity contribution in [3.63, 3.8) is 0 Å². The van der Waals surface area contributed by atoms with Crippen LogP contribution in [0.2, 0.25) is 0 Å². The molecule has 0 amide bonds. The van der Waals surface area contributed by atoms with Crippen LogP contribution in [0.4, 0.5) is 4.79 Å². The summed E-state index contributed by atoms with van der Waals surface area (Å²) in [6.45, 7) is 9.53. The normalized spacial score (nSPS) is 15.2. The molecule has 0 aliphatic rings. The largest absolute Gasteiger partial charge is 0.508 e. The van der Waals surface area contributed by atoms with Gasteiger partial charge in [0.05, 0.1) is 13.2 Å². The zero-order chi connectivity index (χ0) is 14.9. The fourth-order valence-electron chi connectivity index (χ4n) is 1.74. The maximum Gasteiger partial charge on any atom is 0.508 e. The van der Waals surface area contributed by atoms with E-state index in [1.165, 1.54) is 0 Å². The van der Waals surface area contributed by atoms with E-state index >= 15 is 0 Å². The molecule has 0 aromatic rings. The van der Waals surface area contributed by atoms with Gasteiger partial charge in [0.25, 0.3) is 0 Å². The highest BCUT2D eigenvalue weighted by Crippen LogP contribution is 2.32. The summed E-state index contributed by atoms with van der Waals surface area (Å²) in [5.41, 5.74) is -0.835. The van der Waals surface area contributed by atoms with E-state index in [9.17, 15) is 9.59 Å². The van der Waals surface area contributed by atoms with Crippen LogP contribution in [0.15, 0.2) is 0 Å². The average molecular weight is 274 g/mol. The van der Waals surface area contributed by atoms with Crippen molar-refractivity contribution >= 4 is 12.1 Å². The van der Waals surface area contributed by atoms with Crippen LogP contribution in [-0.2, 0) is 19.0 Å². The van der Waals surface area contributed by atoms with E-state index in [4.69, 9.17) is 14.2 Å². The summed E-state index contributed by atoms with van der Waals surface area (Å²) in [5, 5.41) is 0. The Morgan fingerprint density at radius 1 is 1.11 bits per heavy atom. The Morgan fingerprint density at radius 3 is 2.16 bits per heavy atom. The summed E-state index contributed by atoms with van der Waals surface area (Å²) in [4.78, 5) is 23.5. The third-order valence-corrected chi connectivity index (χ3v) is 3.22. The zero-order valence-corrected chi connectivity index (χ0v) is 12.7. The fraction of sp³-hybridized carbons (Fsp3) is 0.857. The summed E-state index contributed by atoms with van der Waals surface area (Å²) in [7, 11) is 0. The second kappa shape index (κ2) is 8.77. The second-order valence-electron chi connectivity index (χ2n) is 4.68. The highest BCUT2D eigenvalue weighted by atomic mass is 16.7. The predicted octanol–water partition coefficient (Wildman–Crippen LogP) is 3.31. The van der Waals surface area contributed by atoms with E-state index in [1.807, 2.05) is 6.92 Å². The summed E-state index contributed by atoms with van der Waals surface area (Å²) < 4.78 is 15.0. The van der Waals surface area contributed by atoms with Crippen LogP contribution < -0.4 is 0 Å². The lowest BCUT2D eigenvalue weighted by Crippen LogP contribution is -2.42. The first-order valence-corrected chi connectivity index (χ1v) is 6.92. The molecule has 0 aromatic heterocycles. The summed E-state index contributed by atoms with van der Waals surface area (Å²) in [6.07, 6.45) is 1.11. The Bertz CT molecular complexity index is 290. The standard InChI is InChI=1S/C14H26O5/c1-6-9-10-14(5,12(15)17-7-2)11(4)19-13(16)18-8-3/h11H,6-10H2,1-5H3. The zero-order valence-electron chi connectivity index (χ0n) is 12.7.